The quantitative estimate of drug-likeness (QED) is 0.742. The van der Waals surface area contributed by atoms with E-state index in [9.17, 15) is 14.7 Å². The minimum atomic E-state index is -0.697. The first-order valence-corrected chi connectivity index (χ1v) is 5.44. The molecule has 0 spiro atoms. The van der Waals surface area contributed by atoms with Crippen LogP contribution < -0.4 is 5.32 Å². The van der Waals surface area contributed by atoms with E-state index in [1.54, 1.807) is 12.1 Å². The number of aliphatic hydroxyl groups excluding tert-OH is 1. The maximum Gasteiger partial charge on any atom is 0.338 e. The number of esters is 1. The van der Waals surface area contributed by atoms with E-state index in [1.165, 1.54) is 7.11 Å². The van der Waals surface area contributed by atoms with Crippen LogP contribution in [-0.2, 0) is 14.3 Å². The van der Waals surface area contributed by atoms with E-state index in [4.69, 9.17) is 0 Å². The number of hydrogen-bond acceptors (Lipinski definition) is 4. The first-order chi connectivity index (χ1) is 8.52. The molecule has 0 unspecified atom stereocenters. The smallest absolute Gasteiger partial charge is 0.338 e. The lowest BCUT2D eigenvalue weighted by Crippen LogP contribution is -2.14. The van der Waals surface area contributed by atoms with E-state index in [2.05, 4.69) is 10.1 Å². The predicted octanol–water partition coefficient (Wildman–Crippen LogP) is 1.78. The lowest BCUT2D eigenvalue weighted by Gasteiger charge is -2.08. The summed E-state index contributed by atoms with van der Waals surface area (Å²) in [5.41, 5.74) is 1.81. The van der Waals surface area contributed by atoms with E-state index in [0.717, 1.165) is 5.56 Å². The van der Waals surface area contributed by atoms with Crippen LogP contribution in [0.25, 0.3) is 5.76 Å². The zero-order chi connectivity index (χ0) is 13.3. The molecule has 1 aromatic rings. The molecule has 0 radical (unpaired) electrons. The number of aliphatic hydroxyl groups is 1. The third kappa shape index (κ3) is 2.07. The highest BCUT2D eigenvalue weighted by molar-refractivity contribution is 6.08. The predicted molar refractivity (Wildman–Crippen MR) is 66.0 cm³/mol. The van der Waals surface area contributed by atoms with Crippen LogP contribution in [0, 0.1) is 6.92 Å². The Morgan fingerprint density at radius 3 is 2.83 bits per heavy atom. The Morgan fingerprint density at radius 2 is 2.17 bits per heavy atom. The number of benzene rings is 1. The third-order valence-electron chi connectivity index (χ3n) is 2.76. The first-order valence-electron chi connectivity index (χ1n) is 5.44. The minimum Gasteiger partial charge on any atom is -0.507 e. The molecular weight excluding hydrogens is 234 g/mol. The molecule has 1 amide bonds. The lowest BCUT2D eigenvalue weighted by molar-refractivity contribution is -0.137. The fourth-order valence-corrected chi connectivity index (χ4v) is 1.86. The Bertz CT molecular complexity index is 560. The summed E-state index contributed by atoms with van der Waals surface area (Å²) in [4.78, 5) is 23.2. The minimum absolute atomic E-state index is 0.0284. The summed E-state index contributed by atoms with van der Waals surface area (Å²) in [5.74, 6) is -1.26. The Hall–Kier alpha value is -2.30. The zero-order valence-corrected chi connectivity index (χ0v) is 10.1. The molecule has 0 saturated heterocycles. The molecule has 1 aromatic carbocycles. The van der Waals surface area contributed by atoms with Crippen molar-refractivity contribution in [3.63, 3.8) is 0 Å². The number of nitrogens with one attached hydrogen (secondary N) is 1. The SMILES string of the molecule is COC(=O)C1=C(O)c2cc(C)ccc2NC(=O)C1. The van der Waals surface area contributed by atoms with Gasteiger partial charge < -0.3 is 15.2 Å². The number of carbonyl (C=O) groups is 2. The van der Waals surface area contributed by atoms with Gasteiger partial charge in [-0.25, -0.2) is 4.79 Å². The standard InChI is InChI=1S/C13H13NO4/c1-7-3-4-10-8(5-7)12(16)9(13(17)18-2)6-11(15)14-10/h3-5,16H,6H2,1-2H3,(H,14,15). The van der Waals surface area contributed by atoms with Crippen LogP contribution in [-0.4, -0.2) is 24.1 Å². The van der Waals surface area contributed by atoms with E-state index in [0.29, 0.717) is 11.3 Å². The van der Waals surface area contributed by atoms with Gasteiger partial charge in [-0.05, 0) is 19.1 Å². The van der Waals surface area contributed by atoms with Crippen molar-refractivity contribution in [1.29, 1.82) is 0 Å². The fraction of sp³-hybridized carbons (Fsp3) is 0.231. The normalized spacial score (nSPS) is 14.7. The number of methoxy groups -OCH3 is 1. The van der Waals surface area contributed by atoms with Crippen LogP contribution in [0.4, 0.5) is 5.69 Å². The number of fused-ring (bicyclic) bond motifs is 1. The number of aryl methyl sites for hydroxylation is 1. The molecule has 0 aliphatic carbocycles. The summed E-state index contributed by atoms with van der Waals surface area (Å²) in [6.07, 6.45) is -0.202. The Labute approximate surface area is 104 Å². The molecule has 0 atom stereocenters. The van der Waals surface area contributed by atoms with Crippen LogP contribution in [0.1, 0.15) is 17.5 Å². The molecule has 1 heterocycles. The molecule has 2 rings (SSSR count). The van der Waals surface area contributed by atoms with Crippen LogP contribution in [0.5, 0.6) is 0 Å². The molecule has 5 heteroatoms. The largest absolute Gasteiger partial charge is 0.507 e. The second-order valence-corrected chi connectivity index (χ2v) is 4.09. The summed E-state index contributed by atoms with van der Waals surface area (Å²) in [6.45, 7) is 1.86. The summed E-state index contributed by atoms with van der Waals surface area (Å²) < 4.78 is 4.57. The number of rotatable bonds is 1. The molecule has 1 aliphatic heterocycles. The summed E-state index contributed by atoms with van der Waals surface area (Å²) in [7, 11) is 1.21. The van der Waals surface area contributed by atoms with Gasteiger partial charge in [-0.15, -0.1) is 0 Å². The van der Waals surface area contributed by atoms with E-state index >= 15 is 0 Å². The zero-order valence-electron chi connectivity index (χ0n) is 10.1. The summed E-state index contributed by atoms with van der Waals surface area (Å²) in [5, 5.41) is 12.8. The van der Waals surface area contributed by atoms with Gasteiger partial charge in [0.1, 0.15) is 5.76 Å². The average molecular weight is 247 g/mol. The van der Waals surface area contributed by atoms with Gasteiger partial charge >= 0.3 is 5.97 Å². The molecule has 0 fully saturated rings. The average Bonchev–Trinajstić information content (AvgIpc) is 2.47. The molecule has 1 aliphatic rings. The topological polar surface area (TPSA) is 75.6 Å². The molecule has 0 saturated carbocycles. The van der Waals surface area contributed by atoms with Crippen LogP contribution in [0.3, 0.4) is 0 Å². The first kappa shape index (κ1) is 12.2. The molecule has 0 bridgehead atoms. The van der Waals surface area contributed by atoms with Gasteiger partial charge in [0.05, 0.1) is 24.8 Å². The lowest BCUT2D eigenvalue weighted by atomic mass is 10.0. The maximum absolute atomic E-state index is 11.6. The summed E-state index contributed by atoms with van der Waals surface area (Å²) >= 11 is 0. The molecule has 0 aromatic heterocycles. The van der Waals surface area contributed by atoms with E-state index < -0.39 is 5.97 Å². The maximum atomic E-state index is 11.6. The second kappa shape index (κ2) is 4.52. The Morgan fingerprint density at radius 1 is 1.44 bits per heavy atom. The number of hydrogen-bond donors (Lipinski definition) is 2. The number of ether oxygens (including phenoxy) is 1. The number of anilines is 1. The van der Waals surface area contributed by atoms with Crippen LogP contribution in [0.2, 0.25) is 0 Å². The number of carbonyl (C=O) groups excluding carboxylic acids is 2. The van der Waals surface area contributed by atoms with Crippen molar-refractivity contribution in [2.45, 2.75) is 13.3 Å². The Kier molecular flexibility index (Phi) is 3.06. The van der Waals surface area contributed by atoms with E-state index in [1.807, 2.05) is 13.0 Å². The Balaban J connectivity index is 2.63. The van der Waals surface area contributed by atoms with Gasteiger partial charge in [0, 0.05) is 5.56 Å². The van der Waals surface area contributed by atoms with Crippen molar-refractivity contribution >= 4 is 23.3 Å². The van der Waals surface area contributed by atoms with Gasteiger partial charge in [-0.1, -0.05) is 11.6 Å². The van der Waals surface area contributed by atoms with Crippen molar-refractivity contribution < 1.29 is 19.4 Å². The second-order valence-electron chi connectivity index (χ2n) is 4.09. The monoisotopic (exact) mass is 247 g/mol. The fourth-order valence-electron chi connectivity index (χ4n) is 1.86. The van der Waals surface area contributed by atoms with Crippen LogP contribution >= 0.6 is 0 Å². The highest BCUT2D eigenvalue weighted by Gasteiger charge is 2.26. The highest BCUT2D eigenvalue weighted by Crippen LogP contribution is 2.30. The molecular formula is C13H13NO4. The van der Waals surface area contributed by atoms with Gasteiger partial charge in [0.2, 0.25) is 5.91 Å². The molecule has 18 heavy (non-hydrogen) atoms. The van der Waals surface area contributed by atoms with Crippen molar-refractivity contribution in [2.75, 3.05) is 12.4 Å². The summed E-state index contributed by atoms with van der Waals surface area (Å²) in [6, 6.07) is 5.22. The molecule has 94 valence electrons. The van der Waals surface area contributed by atoms with Gasteiger partial charge in [-0.3, -0.25) is 4.79 Å². The van der Waals surface area contributed by atoms with E-state index in [-0.39, 0.29) is 23.7 Å². The van der Waals surface area contributed by atoms with Crippen LogP contribution in [0.15, 0.2) is 23.8 Å². The van der Waals surface area contributed by atoms with Gasteiger partial charge in [0.25, 0.3) is 0 Å². The highest BCUT2D eigenvalue weighted by atomic mass is 16.5. The molecule has 5 nitrogen and oxygen atoms in total. The van der Waals surface area contributed by atoms with Gasteiger partial charge in [-0.2, -0.15) is 0 Å². The molecule has 2 N–H and O–H groups in total. The van der Waals surface area contributed by atoms with Crippen molar-refractivity contribution in [3.8, 4) is 0 Å². The van der Waals surface area contributed by atoms with Crippen molar-refractivity contribution in [3.05, 3.63) is 34.9 Å². The van der Waals surface area contributed by atoms with Crippen molar-refractivity contribution in [1.82, 2.24) is 0 Å². The van der Waals surface area contributed by atoms with Crippen molar-refractivity contribution in [2.24, 2.45) is 0 Å². The van der Waals surface area contributed by atoms with Gasteiger partial charge in [0.15, 0.2) is 0 Å². The third-order valence-corrected chi connectivity index (χ3v) is 2.76. The number of amides is 1.